The third-order valence-corrected chi connectivity index (χ3v) is 5.82. The third-order valence-electron chi connectivity index (χ3n) is 5.29. The van der Waals surface area contributed by atoms with Gasteiger partial charge < -0.3 is 19.5 Å². The number of benzene rings is 3. The first kappa shape index (κ1) is 25.0. The fraction of sp³-hybridized carbons (Fsp3) is 0.111. The normalized spacial score (nSPS) is 13.8. The molecular weight excluding hydrogens is 526 g/mol. The Morgan fingerprint density at radius 1 is 1.06 bits per heavy atom. The predicted molar refractivity (Wildman–Crippen MR) is 143 cm³/mol. The molecule has 1 aliphatic heterocycles. The number of aromatic hydroxyl groups is 1. The number of aliphatic hydroxyl groups is 1. The first-order chi connectivity index (χ1) is 17.4. The van der Waals surface area contributed by atoms with E-state index in [-0.39, 0.29) is 40.6 Å². The second-order valence-corrected chi connectivity index (χ2v) is 8.66. The van der Waals surface area contributed by atoms with Crippen LogP contribution >= 0.6 is 15.9 Å². The highest BCUT2D eigenvalue weighted by Crippen LogP contribution is 2.31. The van der Waals surface area contributed by atoms with Crippen LogP contribution in [-0.2, 0) is 11.3 Å². The number of halogens is 1. The molecule has 0 saturated carbocycles. The number of amides is 1. The summed E-state index contributed by atoms with van der Waals surface area (Å²) < 4.78 is 6.38. The molecule has 9 heteroatoms. The molecule has 0 atom stereocenters. The maximum atomic E-state index is 13.2. The van der Waals surface area contributed by atoms with Gasteiger partial charge in [-0.15, -0.1) is 5.10 Å². The molecule has 1 aliphatic rings. The average molecular weight is 548 g/mol. The molecule has 0 aliphatic carbocycles. The summed E-state index contributed by atoms with van der Waals surface area (Å²) in [5.41, 5.74) is 2.76. The number of rotatable bonds is 4. The Hall–Kier alpha value is -4.08. The van der Waals surface area contributed by atoms with Gasteiger partial charge in [-0.3, -0.25) is 9.59 Å². The molecule has 1 aromatic heterocycles. The number of carbonyl (C=O) groups excluding carboxylic acids is 1. The molecule has 0 unspecified atom stereocenters. The van der Waals surface area contributed by atoms with Gasteiger partial charge in [0.05, 0.1) is 29.4 Å². The smallest absolute Gasteiger partial charge is 0.279 e. The molecule has 8 nitrogen and oxygen atoms in total. The Kier molecular flexibility index (Phi) is 7.72. The average Bonchev–Trinajstić information content (AvgIpc) is 3.13. The van der Waals surface area contributed by atoms with Gasteiger partial charge in [-0.1, -0.05) is 46.3 Å². The topological polar surface area (TPSA) is 116 Å². The first-order valence-corrected chi connectivity index (χ1v) is 11.8. The quantitative estimate of drug-likeness (QED) is 0.285. The number of carbonyl (C=O) groups is 1. The van der Waals surface area contributed by atoms with Gasteiger partial charge in [0.2, 0.25) is 5.43 Å². The van der Waals surface area contributed by atoms with Crippen LogP contribution in [0, 0.1) is 0 Å². The molecular formula is C27H22BrN3O5. The van der Waals surface area contributed by atoms with Crippen molar-refractivity contribution < 1.29 is 19.4 Å². The number of hydrogen-bond acceptors (Lipinski definition) is 7. The highest BCUT2D eigenvalue weighted by Gasteiger charge is 2.33. The Balaban J connectivity index is 0.000000967. The lowest BCUT2D eigenvalue weighted by atomic mass is 10.1. The van der Waals surface area contributed by atoms with E-state index in [1.54, 1.807) is 11.8 Å². The predicted octanol–water partition coefficient (Wildman–Crippen LogP) is 4.63. The van der Waals surface area contributed by atoms with Crippen LogP contribution in [0.15, 0.2) is 96.9 Å². The molecule has 0 radical (unpaired) electrons. The van der Waals surface area contributed by atoms with Crippen LogP contribution in [0.4, 0.5) is 5.69 Å². The molecule has 1 amide bonds. The zero-order valence-electron chi connectivity index (χ0n) is 19.3. The molecule has 3 aromatic carbocycles. The summed E-state index contributed by atoms with van der Waals surface area (Å²) in [5.74, 6) is -0.262. The number of nitrogens with zero attached hydrogens (tertiary/aromatic N) is 3. The highest BCUT2D eigenvalue weighted by molar-refractivity contribution is 9.10. The van der Waals surface area contributed by atoms with E-state index in [1.807, 2.05) is 48.5 Å². The van der Waals surface area contributed by atoms with E-state index in [0.29, 0.717) is 17.5 Å². The number of para-hydroxylation sites is 1. The van der Waals surface area contributed by atoms with E-state index in [1.165, 1.54) is 30.7 Å². The zero-order valence-corrected chi connectivity index (χ0v) is 20.8. The summed E-state index contributed by atoms with van der Waals surface area (Å²) in [5, 5.41) is 25.6. The van der Waals surface area contributed by atoms with Gasteiger partial charge in [0, 0.05) is 22.7 Å². The summed E-state index contributed by atoms with van der Waals surface area (Å²) in [4.78, 5) is 27.5. The maximum Gasteiger partial charge on any atom is 0.279 e. The van der Waals surface area contributed by atoms with Gasteiger partial charge in [0.15, 0.2) is 5.71 Å². The molecule has 5 rings (SSSR count). The number of phenolic OH excluding ortho intramolecular Hbond substituents is 1. The zero-order chi connectivity index (χ0) is 25.7. The van der Waals surface area contributed by atoms with E-state index in [4.69, 9.17) is 9.52 Å². The Labute approximate surface area is 215 Å². The van der Waals surface area contributed by atoms with Crippen LogP contribution in [0.2, 0.25) is 0 Å². The maximum absolute atomic E-state index is 13.2. The van der Waals surface area contributed by atoms with Crippen molar-refractivity contribution in [3.63, 3.8) is 0 Å². The summed E-state index contributed by atoms with van der Waals surface area (Å²) in [6.07, 6.45) is 2.51. The van der Waals surface area contributed by atoms with Crippen LogP contribution < -0.4 is 10.3 Å². The Morgan fingerprint density at radius 3 is 2.53 bits per heavy atom. The monoisotopic (exact) mass is 547 g/mol. The van der Waals surface area contributed by atoms with E-state index in [9.17, 15) is 14.7 Å². The molecule has 36 heavy (non-hydrogen) atoms. The summed E-state index contributed by atoms with van der Waals surface area (Å²) >= 11 is 3.42. The first-order valence-electron chi connectivity index (χ1n) is 11.0. The minimum Gasteiger partial charge on any atom is -0.508 e. The second kappa shape index (κ2) is 11.1. The van der Waals surface area contributed by atoms with Crippen LogP contribution in [0.25, 0.3) is 11.0 Å². The van der Waals surface area contributed by atoms with Crippen molar-refractivity contribution in [1.82, 2.24) is 0 Å². The van der Waals surface area contributed by atoms with Crippen molar-refractivity contribution in [2.75, 3.05) is 11.5 Å². The van der Waals surface area contributed by atoms with Gasteiger partial charge in [0.1, 0.15) is 17.6 Å². The van der Waals surface area contributed by atoms with Crippen molar-refractivity contribution in [2.24, 2.45) is 10.2 Å². The van der Waals surface area contributed by atoms with Gasteiger partial charge >= 0.3 is 0 Å². The fourth-order valence-electron chi connectivity index (χ4n) is 3.66. The second-order valence-electron chi connectivity index (χ2n) is 7.74. The highest BCUT2D eigenvalue weighted by atomic mass is 79.9. The van der Waals surface area contributed by atoms with Crippen LogP contribution in [0.3, 0.4) is 0 Å². The Bertz CT molecular complexity index is 1530. The minimum absolute atomic E-state index is 0.00423. The molecule has 0 bridgehead atoms. The number of anilines is 1. The molecule has 0 spiro atoms. The van der Waals surface area contributed by atoms with Gasteiger partial charge in [-0.2, -0.15) is 5.10 Å². The number of hydrogen-bond donors (Lipinski definition) is 2. The van der Waals surface area contributed by atoms with Crippen molar-refractivity contribution in [3.8, 4) is 5.75 Å². The van der Waals surface area contributed by atoms with Gasteiger partial charge in [-0.25, -0.2) is 0 Å². The number of phenols is 1. The lowest BCUT2D eigenvalue weighted by Crippen LogP contribution is -2.29. The molecule has 0 saturated heterocycles. The van der Waals surface area contributed by atoms with Crippen molar-refractivity contribution in [2.45, 2.75) is 13.5 Å². The van der Waals surface area contributed by atoms with Crippen molar-refractivity contribution in [3.05, 3.63) is 104 Å². The summed E-state index contributed by atoms with van der Waals surface area (Å²) in [6, 6.07) is 19.4. The lowest BCUT2D eigenvalue weighted by molar-refractivity contribution is -0.112. The minimum atomic E-state index is -0.310. The van der Waals surface area contributed by atoms with E-state index in [2.05, 4.69) is 26.1 Å². The molecule has 2 N–H and O–H groups in total. The van der Waals surface area contributed by atoms with E-state index < -0.39 is 0 Å². The Morgan fingerprint density at radius 2 is 1.78 bits per heavy atom. The number of fused-ring (bicyclic) bond motifs is 2. The molecule has 182 valence electrons. The molecule has 0 fully saturated rings. The number of aliphatic hydroxyl groups excluding tert-OH is 1. The van der Waals surface area contributed by atoms with Gasteiger partial charge in [0.25, 0.3) is 5.91 Å². The largest absolute Gasteiger partial charge is 0.508 e. The molecule has 4 aromatic rings. The van der Waals surface area contributed by atoms with E-state index >= 15 is 0 Å². The van der Waals surface area contributed by atoms with Crippen molar-refractivity contribution in [1.29, 1.82) is 0 Å². The third kappa shape index (κ3) is 5.27. The lowest BCUT2D eigenvalue weighted by Gasteiger charge is -2.16. The molecule has 2 heterocycles. The standard InChI is InChI=1S/C25H16BrN3O4.C2H6O/c26-17-7-5-15(6-8-17)13-29-21-4-2-1-3-19(21)23(25(29)32)28-27-12-16-14-33-22-11-18(30)9-10-20(22)24(16)31;1-2-3/h1-12,14,30H,13H2;3H,2H2,1H3/b27-12+,28-23-;. The SMILES string of the molecule is CCO.O=C1/C(=N\N=C\c2coc3cc(O)ccc3c2=O)c2ccccc2N1Cc1ccc(Br)cc1. The summed E-state index contributed by atoms with van der Waals surface area (Å²) in [6.45, 7) is 2.33. The summed E-state index contributed by atoms with van der Waals surface area (Å²) in [7, 11) is 0. The van der Waals surface area contributed by atoms with Gasteiger partial charge in [-0.05, 0) is 42.8 Å². The van der Waals surface area contributed by atoms with E-state index in [0.717, 1.165) is 15.7 Å². The van der Waals surface area contributed by atoms with Crippen LogP contribution in [-0.4, -0.2) is 34.7 Å². The van der Waals surface area contributed by atoms with Crippen LogP contribution in [0.5, 0.6) is 5.75 Å². The van der Waals surface area contributed by atoms with Crippen LogP contribution in [0.1, 0.15) is 23.6 Å². The fourth-order valence-corrected chi connectivity index (χ4v) is 3.92. The van der Waals surface area contributed by atoms with Crippen molar-refractivity contribution >= 4 is 50.4 Å².